The van der Waals surface area contributed by atoms with E-state index in [2.05, 4.69) is 21.2 Å². The molecule has 1 heterocycles. The van der Waals surface area contributed by atoms with Gasteiger partial charge in [0.05, 0.1) is 16.3 Å². The number of amides is 1. The van der Waals surface area contributed by atoms with Crippen LogP contribution in [0.2, 0.25) is 0 Å². The van der Waals surface area contributed by atoms with Crippen molar-refractivity contribution >= 4 is 54.6 Å². The van der Waals surface area contributed by atoms with Crippen molar-refractivity contribution in [2.45, 2.75) is 6.92 Å². The van der Waals surface area contributed by atoms with Crippen LogP contribution in [0.3, 0.4) is 0 Å². The van der Waals surface area contributed by atoms with E-state index >= 15 is 0 Å². The first-order chi connectivity index (χ1) is 10.0. The van der Waals surface area contributed by atoms with Crippen LogP contribution >= 0.6 is 27.3 Å². The maximum atomic E-state index is 12.4. The van der Waals surface area contributed by atoms with Crippen LogP contribution in [0.1, 0.15) is 15.2 Å². The van der Waals surface area contributed by atoms with Gasteiger partial charge in [-0.15, -0.1) is 11.3 Å². The summed E-state index contributed by atoms with van der Waals surface area (Å²) in [6, 6.07) is 13.6. The molecule has 1 aromatic heterocycles. The highest BCUT2D eigenvalue weighted by Crippen LogP contribution is 2.30. The fourth-order valence-electron chi connectivity index (χ4n) is 2.21. The minimum absolute atomic E-state index is 0.131. The summed E-state index contributed by atoms with van der Waals surface area (Å²) in [5.41, 5.74) is 8.13. The van der Waals surface area contributed by atoms with E-state index in [-0.39, 0.29) is 5.91 Å². The van der Waals surface area contributed by atoms with E-state index in [0.29, 0.717) is 16.3 Å². The number of halogens is 1. The van der Waals surface area contributed by atoms with Crippen LogP contribution < -0.4 is 11.1 Å². The van der Waals surface area contributed by atoms with Gasteiger partial charge >= 0.3 is 0 Å². The number of nitrogens with two attached hydrogens (primary N) is 1. The molecule has 0 atom stereocenters. The molecule has 106 valence electrons. The maximum Gasteiger partial charge on any atom is 0.265 e. The fraction of sp³-hybridized carbons (Fsp3) is 0.0625. The van der Waals surface area contributed by atoms with Crippen molar-refractivity contribution < 1.29 is 4.79 Å². The van der Waals surface area contributed by atoms with Gasteiger partial charge in [0.2, 0.25) is 0 Å². The molecular weight excluding hydrogens is 348 g/mol. The molecule has 0 saturated heterocycles. The zero-order chi connectivity index (χ0) is 15.0. The van der Waals surface area contributed by atoms with Gasteiger partial charge in [-0.05, 0) is 42.1 Å². The Bertz CT molecular complexity index is 785. The Morgan fingerprint density at radius 3 is 2.71 bits per heavy atom. The largest absolute Gasteiger partial charge is 0.397 e. The average Bonchev–Trinajstić information content (AvgIpc) is 2.86. The predicted octanol–water partition coefficient (Wildman–Crippen LogP) is 4.81. The lowest BCUT2D eigenvalue weighted by molar-refractivity contribution is 0.103. The van der Waals surface area contributed by atoms with Crippen molar-refractivity contribution in [2.24, 2.45) is 0 Å². The zero-order valence-corrected chi connectivity index (χ0v) is 13.7. The van der Waals surface area contributed by atoms with Crippen molar-refractivity contribution in [2.75, 3.05) is 11.1 Å². The van der Waals surface area contributed by atoms with Crippen LogP contribution in [0.4, 0.5) is 11.4 Å². The molecule has 0 saturated carbocycles. The molecule has 0 aliphatic rings. The highest BCUT2D eigenvalue weighted by atomic mass is 79.9. The van der Waals surface area contributed by atoms with Gasteiger partial charge < -0.3 is 11.1 Å². The second-order valence-corrected chi connectivity index (χ2v) is 6.79. The Morgan fingerprint density at radius 1 is 1.24 bits per heavy atom. The number of rotatable bonds is 2. The number of fused-ring (bicyclic) bond motifs is 1. The minimum atomic E-state index is -0.131. The number of hydrogen-bond acceptors (Lipinski definition) is 3. The number of anilines is 2. The molecule has 0 radical (unpaired) electrons. The highest BCUT2D eigenvalue weighted by Gasteiger charge is 2.13. The van der Waals surface area contributed by atoms with E-state index in [1.54, 1.807) is 6.07 Å². The molecule has 3 rings (SSSR count). The molecule has 0 fully saturated rings. The third-order valence-electron chi connectivity index (χ3n) is 3.22. The van der Waals surface area contributed by atoms with Crippen molar-refractivity contribution in [1.82, 2.24) is 0 Å². The number of benzene rings is 2. The molecule has 3 aromatic rings. The summed E-state index contributed by atoms with van der Waals surface area (Å²) in [6.07, 6.45) is 0. The number of nitrogens with one attached hydrogen (secondary N) is 1. The smallest absolute Gasteiger partial charge is 0.265 e. The van der Waals surface area contributed by atoms with Crippen LogP contribution in [0.25, 0.3) is 10.1 Å². The normalized spacial score (nSPS) is 10.8. The molecule has 3 N–H and O–H groups in total. The number of carbonyl (C=O) groups excluding carboxylic acids is 1. The van der Waals surface area contributed by atoms with Gasteiger partial charge in [-0.1, -0.05) is 34.1 Å². The van der Waals surface area contributed by atoms with E-state index < -0.39 is 0 Å². The van der Waals surface area contributed by atoms with Crippen LogP contribution in [-0.4, -0.2) is 5.91 Å². The SMILES string of the molecule is Cc1cc(Br)cc(N)c1NC(=O)c1cc2ccccc2s1. The van der Waals surface area contributed by atoms with Gasteiger partial charge in [0, 0.05) is 9.17 Å². The summed E-state index contributed by atoms with van der Waals surface area (Å²) in [7, 11) is 0. The van der Waals surface area contributed by atoms with Gasteiger partial charge in [0.25, 0.3) is 5.91 Å². The first-order valence-electron chi connectivity index (χ1n) is 6.40. The number of hydrogen-bond donors (Lipinski definition) is 2. The third kappa shape index (κ3) is 2.80. The van der Waals surface area contributed by atoms with E-state index in [9.17, 15) is 4.79 Å². The molecule has 1 amide bonds. The first kappa shape index (κ1) is 14.1. The lowest BCUT2D eigenvalue weighted by atomic mass is 10.1. The first-order valence-corrected chi connectivity index (χ1v) is 8.01. The fourth-order valence-corrected chi connectivity index (χ4v) is 3.76. The second-order valence-electron chi connectivity index (χ2n) is 4.79. The second kappa shape index (κ2) is 5.50. The topological polar surface area (TPSA) is 55.1 Å². The summed E-state index contributed by atoms with van der Waals surface area (Å²) < 4.78 is 2.00. The Morgan fingerprint density at radius 2 is 2.00 bits per heavy atom. The van der Waals surface area contributed by atoms with Crippen LogP contribution in [0.15, 0.2) is 46.9 Å². The Hall–Kier alpha value is -1.85. The number of carbonyl (C=O) groups is 1. The summed E-state index contributed by atoms with van der Waals surface area (Å²) >= 11 is 4.87. The van der Waals surface area contributed by atoms with E-state index in [4.69, 9.17) is 5.73 Å². The number of thiophene rings is 1. The van der Waals surface area contributed by atoms with Crippen LogP contribution in [0.5, 0.6) is 0 Å². The van der Waals surface area contributed by atoms with E-state index in [1.165, 1.54) is 11.3 Å². The number of aryl methyl sites for hydroxylation is 1. The van der Waals surface area contributed by atoms with E-state index in [1.807, 2.05) is 43.3 Å². The third-order valence-corrected chi connectivity index (χ3v) is 4.79. The van der Waals surface area contributed by atoms with Crippen molar-refractivity contribution in [3.05, 3.63) is 57.4 Å². The Balaban J connectivity index is 1.93. The molecule has 5 heteroatoms. The summed E-state index contributed by atoms with van der Waals surface area (Å²) in [5, 5.41) is 3.99. The van der Waals surface area contributed by atoms with Gasteiger partial charge in [-0.2, -0.15) is 0 Å². The standard InChI is InChI=1S/C16H13BrN2OS/c1-9-6-11(17)8-12(18)15(9)19-16(20)14-7-10-4-2-3-5-13(10)21-14/h2-8H,18H2,1H3,(H,19,20). The molecule has 3 nitrogen and oxygen atoms in total. The van der Waals surface area contributed by atoms with Gasteiger partial charge in [-0.25, -0.2) is 0 Å². The lowest BCUT2D eigenvalue weighted by Gasteiger charge is -2.11. The molecule has 21 heavy (non-hydrogen) atoms. The summed E-state index contributed by atoms with van der Waals surface area (Å²) in [5.74, 6) is -0.131. The average molecular weight is 361 g/mol. The molecule has 0 unspecified atom stereocenters. The lowest BCUT2D eigenvalue weighted by Crippen LogP contribution is -2.12. The Kier molecular flexibility index (Phi) is 3.69. The summed E-state index contributed by atoms with van der Waals surface area (Å²) in [6.45, 7) is 1.92. The van der Waals surface area contributed by atoms with Crippen LogP contribution in [-0.2, 0) is 0 Å². The molecule has 0 bridgehead atoms. The summed E-state index contributed by atoms with van der Waals surface area (Å²) in [4.78, 5) is 13.1. The maximum absolute atomic E-state index is 12.4. The van der Waals surface area contributed by atoms with E-state index in [0.717, 1.165) is 20.1 Å². The molecule has 0 aliphatic heterocycles. The molecule has 0 aliphatic carbocycles. The molecular formula is C16H13BrN2OS. The van der Waals surface area contributed by atoms with Gasteiger partial charge in [0.1, 0.15) is 0 Å². The quantitative estimate of drug-likeness (QED) is 0.644. The zero-order valence-electron chi connectivity index (χ0n) is 11.3. The van der Waals surface area contributed by atoms with Crippen molar-refractivity contribution in [3.63, 3.8) is 0 Å². The Labute approximate surface area is 134 Å². The monoisotopic (exact) mass is 360 g/mol. The minimum Gasteiger partial charge on any atom is -0.397 e. The molecule has 2 aromatic carbocycles. The van der Waals surface area contributed by atoms with Gasteiger partial charge in [0.15, 0.2) is 0 Å². The van der Waals surface area contributed by atoms with Gasteiger partial charge in [-0.3, -0.25) is 4.79 Å². The highest BCUT2D eigenvalue weighted by molar-refractivity contribution is 9.10. The molecule has 0 spiro atoms. The van der Waals surface area contributed by atoms with Crippen molar-refractivity contribution in [1.29, 1.82) is 0 Å². The predicted molar refractivity (Wildman–Crippen MR) is 93.1 cm³/mol. The van der Waals surface area contributed by atoms with Crippen LogP contribution in [0, 0.1) is 6.92 Å². The number of nitrogen functional groups attached to an aromatic ring is 1. The van der Waals surface area contributed by atoms with Crippen molar-refractivity contribution in [3.8, 4) is 0 Å².